The van der Waals surface area contributed by atoms with Gasteiger partial charge in [-0.1, -0.05) is 0 Å². The zero-order valence-electron chi connectivity index (χ0n) is 7.13. The topological polar surface area (TPSA) is 9.23 Å². The normalized spacial score (nSPS) is 13.4. The Hall–Kier alpha value is -0.390. The lowest BCUT2D eigenvalue weighted by atomic mass is 10.3. The van der Waals surface area contributed by atoms with E-state index < -0.39 is 31.5 Å². The van der Waals surface area contributed by atoms with Crippen LogP contribution >= 0.6 is 0 Å². The number of halogens is 5. The van der Waals surface area contributed by atoms with Crippen LogP contribution in [-0.2, 0) is 4.74 Å². The first-order valence-corrected chi connectivity index (χ1v) is 3.73. The molecule has 0 atom stereocenters. The Labute approximate surface area is 72.9 Å². The first kappa shape index (κ1) is 12.6. The van der Waals surface area contributed by atoms with Gasteiger partial charge in [0.1, 0.15) is 0 Å². The smallest absolute Gasteiger partial charge is 0.381 e. The van der Waals surface area contributed by atoms with Gasteiger partial charge in [-0.2, -0.15) is 13.2 Å². The summed E-state index contributed by atoms with van der Waals surface area (Å²) >= 11 is 0. The molecule has 0 saturated carbocycles. The van der Waals surface area contributed by atoms with Gasteiger partial charge in [0.2, 0.25) is 5.92 Å². The summed E-state index contributed by atoms with van der Waals surface area (Å²) in [5, 5.41) is 0. The molecule has 0 aliphatic carbocycles. The second-order valence-electron chi connectivity index (χ2n) is 2.80. The molecule has 0 radical (unpaired) electrons. The average molecular weight is 206 g/mol. The average Bonchev–Trinajstić information content (AvgIpc) is 1.81. The van der Waals surface area contributed by atoms with Gasteiger partial charge in [-0.15, -0.1) is 0 Å². The van der Waals surface area contributed by atoms with E-state index in [0.717, 1.165) is 0 Å². The predicted octanol–water partition coefficient (Wildman–Crippen LogP) is 3.00. The molecule has 0 aromatic carbocycles. The second kappa shape index (κ2) is 4.74. The molecule has 0 aromatic heterocycles. The molecule has 0 aliphatic heterocycles. The van der Waals surface area contributed by atoms with Crippen LogP contribution in [0.2, 0.25) is 0 Å². The summed E-state index contributed by atoms with van der Waals surface area (Å²) in [5.74, 6) is -2.88. The first-order valence-electron chi connectivity index (χ1n) is 3.73. The highest BCUT2D eigenvalue weighted by molar-refractivity contribution is 4.56. The van der Waals surface area contributed by atoms with Gasteiger partial charge in [-0.05, 0) is 6.92 Å². The van der Waals surface area contributed by atoms with Crippen molar-refractivity contribution in [1.29, 1.82) is 0 Å². The first-order chi connectivity index (χ1) is 5.71. The molecule has 0 aromatic rings. The van der Waals surface area contributed by atoms with Crippen molar-refractivity contribution in [1.82, 2.24) is 0 Å². The highest BCUT2D eigenvalue weighted by Gasteiger charge is 2.27. The number of rotatable bonds is 5. The van der Waals surface area contributed by atoms with Gasteiger partial charge in [0.05, 0.1) is 19.6 Å². The molecule has 80 valence electrons. The fourth-order valence-electron chi connectivity index (χ4n) is 0.541. The van der Waals surface area contributed by atoms with Crippen molar-refractivity contribution in [3.8, 4) is 0 Å². The van der Waals surface area contributed by atoms with Crippen molar-refractivity contribution in [2.45, 2.75) is 31.9 Å². The molecule has 0 bridgehead atoms. The summed E-state index contributed by atoms with van der Waals surface area (Å²) in [6, 6.07) is 0. The quantitative estimate of drug-likeness (QED) is 0.496. The maximum atomic E-state index is 12.1. The summed E-state index contributed by atoms with van der Waals surface area (Å²) < 4.78 is 63.0. The molecule has 0 rings (SSSR count). The third-order valence-electron chi connectivity index (χ3n) is 1.22. The van der Waals surface area contributed by atoms with E-state index in [-0.39, 0.29) is 6.61 Å². The molecule has 0 fully saturated rings. The van der Waals surface area contributed by atoms with Gasteiger partial charge in [0.25, 0.3) is 0 Å². The Kier molecular flexibility index (Phi) is 4.60. The minimum atomic E-state index is -4.28. The van der Waals surface area contributed by atoms with E-state index in [1.807, 2.05) is 0 Å². The third-order valence-corrected chi connectivity index (χ3v) is 1.22. The standard InChI is InChI=1S/C7H11F5O/c1-6(8,9)2-4-13-5-3-7(10,11)12/h2-5H2,1H3. The molecule has 0 spiro atoms. The van der Waals surface area contributed by atoms with E-state index in [0.29, 0.717) is 6.92 Å². The maximum absolute atomic E-state index is 12.1. The van der Waals surface area contributed by atoms with Crippen LogP contribution in [0.25, 0.3) is 0 Å². The Bertz CT molecular complexity index is 121. The molecule has 1 nitrogen and oxygen atoms in total. The van der Waals surface area contributed by atoms with Gasteiger partial charge in [-0.25, -0.2) is 8.78 Å². The lowest BCUT2D eigenvalue weighted by Crippen LogP contribution is -2.16. The van der Waals surface area contributed by atoms with E-state index in [1.165, 1.54) is 0 Å². The molecule has 0 N–H and O–H groups in total. The van der Waals surface area contributed by atoms with Crippen LogP contribution in [0.3, 0.4) is 0 Å². The van der Waals surface area contributed by atoms with Crippen LogP contribution in [0.5, 0.6) is 0 Å². The fraction of sp³-hybridized carbons (Fsp3) is 1.00. The summed E-state index contributed by atoms with van der Waals surface area (Å²) in [4.78, 5) is 0. The monoisotopic (exact) mass is 206 g/mol. The Balaban J connectivity index is 3.28. The van der Waals surface area contributed by atoms with Gasteiger partial charge in [0, 0.05) is 6.42 Å². The van der Waals surface area contributed by atoms with Gasteiger partial charge in [-0.3, -0.25) is 0 Å². The van der Waals surface area contributed by atoms with Crippen LogP contribution in [0.4, 0.5) is 22.0 Å². The zero-order valence-corrected chi connectivity index (χ0v) is 7.13. The number of hydrogen-bond donors (Lipinski definition) is 0. The molecular formula is C7H11F5O. The van der Waals surface area contributed by atoms with Crippen LogP contribution in [-0.4, -0.2) is 25.3 Å². The van der Waals surface area contributed by atoms with Crippen molar-refractivity contribution < 1.29 is 26.7 Å². The van der Waals surface area contributed by atoms with Crippen LogP contribution in [0.1, 0.15) is 19.8 Å². The lowest BCUT2D eigenvalue weighted by molar-refractivity contribution is -0.146. The summed E-state index contributed by atoms with van der Waals surface area (Å²) in [5.41, 5.74) is 0. The lowest BCUT2D eigenvalue weighted by Gasteiger charge is -2.10. The largest absolute Gasteiger partial charge is 0.391 e. The van der Waals surface area contributed by atoms with E-state index in [1.54, 1.807) is 0 Å². The van der Waals surface area contributed by atoms with E-state index in [9.17, 15) is 22.0 Å². The van der Waals surface area contributed by atoms with Crippen LogP contribution in [0, 0.1) is 0 Å². The Morgan fingerprint density at radius 1 is 0.923 bits per heavy atom. The van der Waals surface area contributed by atoms with E-state index in [4.69, 9.17) is 0 Å². The molecule has 0 unspecified atom stereocenters. The van der Waals surface area contributed by atoms with Crippen molar-refractivity contribution in [3.63, 3.8) is 0 Å². The molecule has 13 heavy (non-hydrogen) atoms. The van der Waals surface area contributed by atoms with E-state index in [2.05, 4.69) is 4.74 Å². The summed E-state index contributed by atoms with van der Waals surface area (Å²) in [7, 11) is 0. The molecule has 0 amide bonds. The Morgan fingerprint density at radius 3 is 1.77 bits per heavy atom. The Morgan fingerprint density at radius 2 is 1.38 bits per heavy atom. The van der Waals surface area contributed by atoms with Crippen molar-refractivity contribution >= 4 is 0 Å². The van der Waals surface area contributed by atoms with E-state index >= 15 is 0 Å². The molecule has 0 heterocycles. The number of alkyl halides is 5. The maximum Gasteiger partial charge on any atom is 0.391 e. The fourth-order valence-corrected chi connectivity index (χ4v) is 0.541. The molecule has 0 saturated heterocycles. The third kappa shape index (κ3) is 11.6. The highest BCUT2D eigenvalue weighted by atomic mass is 19.4. The summed E-state index contributed by atoms with van der Waals surface area (Å²) in [6.45, 7) is -0.209. The van der Waals surface area contributed by atoms with Gasteiger partial charge in [0.15, 0.2) is 0 Å². The summed E-state index contributed by atoms with van der Waals surface area (Å²) in [6.07, 6.45) is -5.93. The van der Waals surface area contributed by atoms with Gasteiger partial charge < -0.3 is 4.74 Å². The molecule has 6 heteroatoms. The van der Waals surface area contributed by atoms with Crippen molar-refractivity contribution in [3.05, 3.63) is 0 Å². The zero-order chi connectivity index (χ0) is 10.5. The van der Waals surface area contributed by atoms with Crippen LogP contribution in [0.15, 0.2) is 0 Å². The van der Waals surface area contributed by atoms with Gasteiger partial charge >= 0.3 is 6.18 Å². The second-order valence-corrected chi connectivity index (χ2v) is 2.80. The van der Waals surface area contributed by atoms with Crippen molar-refractivity contribution in [2.75, 3.05) is 13.2 Å². The minimum absolute atomic E-state index is 0.348. The van der Waals surface area contributed by atoms with Crippen LogP contribution < -0.4 is 0 Å². The SMILES string of the molecule is CC(F)(F)CCOCCC(F)(F)F. The highest BCUT2D eigenvalue weighted by Crippen LogP contribution is 2.20. The predicted molar refractivity (Wildman–Crippen MR) is 36.7 cm³/mol. The number of hydrogen-bond acceptors (Lipinski definition) is 1. The molecule has 0 aliphatic rings. The van der Waals surface area contributed by atoms with Crippen molar-refractivity contribution in [2.24, 2.45) is 0 Å². The molecular weight excluding hydrogens is 195 g/mol. The number of ether oxygens (including phenoxy) is 1. The minimum Gasteiger partial charge on any atom is -0.381 e.